The summed E-state index contributed by atoms with van der Waals surface area (Å²) in [5, 5.41) is 4.71. The fourth-order valence-corrected chi connectivity index (χ4v) is 3.62. The number of carbonyl (C=O) groups excluding carboxylic acids is 1. The van der Waals surface area contributed by atoms with Gasteiger partial charge in [-0.1, -0.05) is 0 Å². The molecule has 0 aliphatic heterocycles. The first kappa shape index (κ1) is 17.2. The van der Waals surface area contributed by atoms with Crippen LogP contribution in [0.1, 0.15) is 6.42 Å². The van der Waals surface area contributed by atoms with Crippen LogP contribution < -0.4 is 14.8 Å². The molecule has 2 aromatic rings. The van der Waals surface area contributed by atoms with Gasteiger partial charge in [-0.25, -0.2) is 13.4 Å². The van der Waals surface area contributed by atoms with E-state index < -0.39 is 15.7 Å². The lowest BCUT2D eigenvalue weighted by atomic mass is 10.3. The third-order valence-electron chi connectivity index (χ3n) is 2.99. The van der Waals surface area contributed by atoms with Crippen molar-refractivity contribution in [2.24, 2.45) is 0 Å². The molecule has 1 amide bonds. The molecule has 0 saturated heterocycles. The largest absolute Gasteiger partial charge is 0.493 e. The van der Waals surface area contributed by atoms with Crippen LogP contribution in [0.3, 0.4) is 0 Å². The monoisotopic (exact) mass is 356 g/mol. The molecule has 0 aliphatic rings. The number of nitrogens with zero attached hydrogens (tertiary/aromatic N) is 1. The van der Waals surface area contributed by atoms with E-state index in [1.165, 1.54) is 43.8 Å². The van der Waals surface area contributed by atoms with Crippen LogP contribution in [0.4, 0.5) is 5.13 Å². The first-order valence-electron chi connectivity index (χ1n) is 6.60. The predicted molar refractivity (Wildman–Crippen MR) is 87.0 cm³/mol. The third kappa shape index (κ3) is 4.42. The molecule has 9 heteroatoms. The highest BCUT2D eigenvalue weighted by Crippen LogP contribution is 2.29. The average Bonchev–Trinajstić information content (AvgIpc) is 3.05. The Morgan fingerprint density at radius 1 is 1.26 bits per heavy atom. The molecule has 0 atom stereocenters. The molecule has 23 heavy (non-hydrogen) atoms. The van der Waals surface area contributed by atoms with Crippen molar-refractivity contribution in [1.82, 2.24) is 4.98 Å². The van der Waals surface area contributed by atoms with Gasteiger partial charge < -0.3 is 14.8 Å². The molecule has 0 unspecified atom stereocenters. The van der Waals surface area contributed by atoms with Crippen LogP contribution in [0, 0.1) is 0 Å². The molecule has 1 heterocycles. The Hall–Kier alpha value is -2.13. The van der Waals surface area contributed by atoms with Crippen LogP contribution in [0.5, 0.6) is 11.5 Å². The highest BCUT2D eigenvalue weighted by molar-refractivity contribution is 7.91. The maximum atomic E-state index is 12.3. The lowest BCUT2D eigenvalue weighted by Crippen LogP contribution is -2.17. The van der Waals surface area contributed by atoms with Gasteiger partial charge in [-0.05, 0) is 12.1 Å². The van der Waals surface area contributed by atoms with Gasteiger partial charge >= 0.3 is 0 Å². The first-order chi connectivity index (χ1) is 11.0. The highest BCUT2D eigenvalue weighted by atomic mass is 32.2. The fourth-order valence-electron chi connectivity index (χ4n) is 1.82. The molecule has 1 aromatic carbocycles. The second kappa shape index (κ2) is 7.42. The SMILES string of the molecule is COc1ccc(S(=O)(=O)CCC(=O)Nc2nccs2)cc1OC. The van der Waals surface area contributed by atoms with E-state index >= 15 is 0 Å². The van der Waals surface area contributed by atoms with Crippen molar-refractivity contribution in [2.45, 2.75) is 11.3 Å². The zero-order valence-electron chi connectivity index (χ0n) is 12.6. The molecule has 1 aromatic heterocycles. The van der Waals surface area contributed by atoms with Gasteiger partial charge in [0.2, 0.25) is 5.91 Å². The number of benzene rings is 1. The molecule has 2 rings (SSSR count). The van der Waals surface area contributed by atoms with Crippen molar-refractivity contribution in [1.29, 1.82) is 0 Å². The minimum atomic E-state index is -3.61. The number of methoxy groups -OCH3 is 2. The Morgan fingerprint density at radius 2 is 2.00 bits per heavy atom. The Kier molecular flexibility index (Phi) is 5.56. The van der Waals surface area contributed by atoms with Gasteiger partial charge in [0.05, 0.1) is 24.9 Å². The number of sulfone groups is 1. The summed E-state index contributed by atoms with van der Waals surface area (Å²) in [7, 11) is -0.712. The molecular weight excluding hydrogens is 340 g/mol. The lowest BCUT2D eigenvalue weighted by Gasteiger charge is -2.10. The number of rotatable bonds is 7. The number of hydrogen-bond donors (Lipinski definition) is 1. The molecule has 0 aliphatic carbocycles. The summed E-state index contributed by atoms with van der Waals surface area (Å²) in [5.74, 6) is 0.0532. The van der Waals surface area contributed by atoms with Crippen LogP contribution in [-0.2, 0) is 14.6 Å². The average molecular weight is 356 g/mol. The summed E-state index contributed by atoms with van der Waals surface area (Å²) in [4.78, 5) is 15.7. The first-order valence-corrected chi connectivity index (χ1v) is 9.13. The predicted octanol–water partition coefficient (Wildman–Crippen LogP) is 1.96. The number of thiazole rings is 1. The van der Waals surface area contributed by atoms with E-state index in [-0.39, 0.29) is 17.1 Å². The van der Waals surface area contributed by atoms with E-state index in [0.29, 0.717) is 16.6 Å². The number of anilines is 1. The van der Waals surface area contributed by atoms with Gasteiger partial charge in [0.1, 0.15) is 0 Å². The highest BCUT2D eigenvalue weighted by Gasteiger charge is 2.19. The zero-order valence-corrected chi connectivity index (χ0v) is 14.2. The lowest BCUT2D eigenvalue weighted by molar-refractivity contribution is -0.115. The minimum absolute atomic E-state index is 0.0807. The minimum Gasteiger partial charge on any atom is -0.493 e. The summed E-state index contributed by atoms with van der Waals surface area (Å²) in [5.41, 5.74) is 0. The molecular formula is C14H16N2O5S2. The van der Waals surface area contributed by atoms with Gasteiger partial charge in [-0.2, -0.15) is 0 Å². The maximum Gasteiger partial charge on any atom is 0.227 e. The molecule has 0 saturated carbocycles. The topological polar surface area (TPSA) is 94.6 Å². The normalized spacial score (nSPS) is 11.0. The summed E-state index contributed by atoms with van der Waals surface area (Å²) < 4.78 is 34.8. The molecule has 0 radical (unpaired) electrons. The maximum absolute atomic E-state index is 12.3. The molecule has 7 nitrogen and oxygen atoms in total. The quantitative estimate of drug-likeness (QED) is 0.815. The number of aromatic nitrogens is 1. The summed E-state index contributed by atoms with van der Waals surface area (Å²) in [6.45, 7) is 0. The smallest absolute Gasteiger partial charge is 0.227 e. The van der Waals surface area contributed by atoms with E-state index in [1.807, 2.05) is 0 Å². The second-order valence-electron chi connectivity index (χ2n) is 4.47. The molecule has 0 bridgehead atoms. The van der Waals surface area contributed by atoms with Crippen LogP contribution >= 0.6 is 11.3 Å². The summed E-state index contributed by atoms with van der Waals surface area (Å²) in [6, 6.07) is 4.32. The summed E-state index contributed by atoms with van der Waals surface area (Å²) >= 11 is 1.27. The number of carbonyl (C=O) groups is 1. The van der Waals surface area contributed by atoms with Gasteiger partial charge in [0, 0.05) is 24.1 Å². The van der Waals surface area contributed by atoms with E-state index in [2.05, 4.69) is 10.3 Å². The fraction of sp³-hybridized carbons (Fsp3) is 0.286. The van der Waals surface area contributed by atoms with E-state index in [1.54, 1.807) is 11.6 Å². The second-order valence-corrected chi connectivity index (χ2v) is 7.47. The van der Waals surface area contributed by atoms with Crippen LogP contribution in [0.2, 0.25) is 0 Å². The number of amides is 1. The molecule has 0 fully saturated rings. The Balaban J connectivity index is 2.05. The van der Waals surface area contributed by atoms with E-state index in [9.17, 15) is 13.2 Å². The standard InChI is InChI=1S/C14H16N2O5S2/c1-20-11-4-3-10(9-12(11)21-2)23(18,19)8-5-13(17)16-14-15-6-7-22-14/h3-4,6-7,9H,5,8H2,1-2H3,(H,15,16,17). The van der Waals surface area contributed by atoms with Gasteiger partial charge in [0.25, 0.3) is 0 Å². The Labute approximate surface area is 138 Å². The Bertz CT molecular complexity index is 772. The van der Waals surface area contributed by atoms with Gasteiger partial charge in [-0.3, -0.25) is 4.79 Å². The van der Waals surface area contributed by atoms with E-state index in [4.69, 9.17) is 9.47 Å². The van der Waals surface area contributed by atoms with Gasteiger partial charge in [-0.15, -0.1) is 11.3 Å². The molecule has 0 spiro atoms. The Morgan fingerprint density at radius 3 is 2.61 bits per heavy atom. The van der Waals surface area contributed by atoms with Crippen molar-refractivity contribution in [3.8, 4) is 11.5 Å². The number of ether oxygens (including phenoxy) is 2. The summed E-state index contributed by atoms with van der Waals surface area (Å²) in [6.07, 6.45) is 1.40. The zero-order chi connectivity index (χ0) is 16.9. The van der Waals surface area contributed by atoms with Crippen LogP contribution in [-0.4, -0.2) is 39.3 Å². The van der Waals surface area contributed by atoms with Crippen LogP contribution in [0.15, 0.2) is 34.7 Å². The van der Waals surface area contributed by atoms with Crippen molar-refractivity contribution < 1.29 is 22.7 Å². The van der Waals surface area contributed by atoms with Crippen molar-refractivity contribution in [3.63, 3.8) is 0 Å². The molecule has 124 valence electrons. The van der Waals surface area contributed by atoms with Crippen molar-refractivity contribution in [2.75, 3.05) is 25.3 Å². The molecule has 1 N–H and O–H groups in total. The van der Waals surface area contributed by atoms with Crippen molar-refractivity contribution >= 4 is 32.2 Å². The van der Waals surface area contributed by atoms with Gasteiger partial charge in [0.15, 0.2) is 26.5 Å². The van der Waals surface area contributed by atoms with Crippen molar-refractivity contribution in [3.05, 3.63) is 29.8 Å². The third-order valence-corrected chi connectivity index (χ3v) is 5.39. The van der Waals surface area contributed by atoms with Crippen LogP contribution in [0.25, 0.3) is 0 Å². The van der Waals surface area contributed by atoms with E-state index in [0.717, 1.165) is 0 Å². The number of hydrogen-bond acceptors (Lipinski definition) is 7. The number of nitrogens with one attached hydrogen (secondary N) is 1.